The van der Waals surface area contributed by atoms with Crippen molar-refractivity contribution in [2.75, 3.05) is 25.7 Å². The number of nitrogens with zero attached hydrogens (tertiary/aromatic N) is 1. The van der Waals surface area contributed by atoms with E-state index >= 15 is 0 Å². The van der Waals surface area contributed by atoms with Gasteiger partial charge in [0.05, 0.1) is 6.54 Å². The lowest BCUT2D eigenvalue weighted by atomic mass is 10.1. The summed E-state index contributed by atoms with van der Waals surface area (Å²) in [6, 6.07) is 11.8. The van der Waals surface area contributed by atoms with Gasteiger partial charge in [-0.2, -0.15) is 0 Å². The average Bonchev–Trinajstić information content (AvgIpc) is 2.97. The third kappa shape index (κ3) is 3.86. The Morgan fingerprint density at radius 3 is 2.71 bits per heavy atom. The van der Waals surface area contributed by atoms with Crippen molar-refractivity contribution in [1.29, 1.82) is 0 Å². The molecule has 1 N–H and O–H groups in total. The molecule has 3 rings (SSSR count). The third-order valence-corrected chi connectivity index (χ3v) is 4.01. The molecule has 0 radical (unpaired) electrons. The first kappa shape index (κ1) is 16.3. The fourth-order valence-corrected chi connectivity index (χ4v) is 2.79. The molecule has 0 fully saturated rings. The molecule has 2 aromatic rings. The maximum atomic E-state index is 12.2. The average molecular weight is 326 g/mol. The molecule has 2 aromatic carbocycles. The Balaban J connectivity index is 1.56. The van der Waals surface area contributed by atoms with E-state index in [9.17, 15) is 4.79 Å². The van der Waals surface area contributed by atoms with Gasteiger partial charge in [-0.05, 0) is 44.2 Å². The summed E-state index contributed by atoms with van der Waals surface area (Å²) in [5, 5.41) is 2.90. The van der Waals surface area contributed by atoms with E-state index in [2.05, 4.69) is 37.4 Å². The number of hydrogen-bond donors (Lipinski definition) is 1. The highest BCUT2D eigenvalue weighted by Gasteiger charge is 2.15. The van der Waals surface area contributed by atoms with Crippen LogP contribution in [0.25, 0.3) is 0 Å². The van der Waals surface area contributed by atoms with Crippen LogP contribution < -0.4 is 14.8 Å². The van der Waals surface area contributed by atoms with Crippen LogP contribution in [-0.2, 0) is 11.3 Å². The molecule has 0 unspecified atom stereocenters. The highest BCUT2D eigenvalue weighted by molar-refractivity contribution is 5.92. The van der Waals surface area contributed by atoms with E-state index in [4.69, 9.17) is 9.47 Å². The Hall–Kier alpha value is -2.53. The number of hydrogen-bond acceptors (Lipinski definition) is 4. The van der Waals surface area contributed by atoms with Gasteiger partial charge >= 0.3 is 0 Å². The highest BCUT2D eigenvalue weighted by atomic mass is 16.7. The van der Waals surface area contributed by atoms with Crippen LogP contribution in [-0.4, -0.2) is 31.2 Å². The number of likely N-dealkylation sites (N-methyl/N-ethyl adjacent to an activating group) is 1. The summed E-state index contributed by atoms with van der Waals surface area (Å²) in [4.78, 5) is 14.2. The van der Waals surface area contributed by atoms with Crippen LogP contribution in [0.1, 0.15) is 16.7 Å². The van der Waals surface area contributed by atoms with Gasteiger partial charge in [-0.15, -0.1) is 0 Å². The Labute approximate surface area is 142 Å². The van der Waals surface area contributed by atoms with Crippen molar-refractivity contribution in [3.63, 3.8) is 0 Å². The topological polar surface area (TPSA) is 50.8 Å². The number of fused-ring (bicyclic) bond motifs is 1. The van der Waals surface area contributed by atoms with Crippen LogP contribution in [0.15, 0.2) is 36.4 Å². The molecule has 24 heavy (non-hydrogen) atoms. The van der Waals surface area contributed by atoms with E-state index in [1.165, 1.54) is 16.7 Å². The molecule has 0 aliphatic carbocycles. The first-order chi connectivity index (χ1) is 11.5. The molecule has 0 saturated heterocycles. The molecular weight excluding hydrogens is 304 g/mol. The van der Waals surface area contributed by atoms with Crippen molar-refractivity contribution in [2.24, 2.45) is 0 Å². The Kier molecular flexibility index (Phi) is 4.71. The molecule has 5 nitrogen and oxygen atoms in total. The van der Waals surface area contributed by atoms with Gasteiger partial charge < -0.3 is 14.8 Å². The fraction of sp³-hybridized carbons (Fsp3) is 0.316. The predicted octanol–water partition coefficient (Wildman–Crippen LogP) is 3.10. The zero-order chi connectivity index (χ0) is 17.1. The molecule has 126 valence electrons. The van der Waals surface area contributed by atoms with Gasteiger partial charge in [-0.1, -0.05) is 23.8 Å². The van der Waals surface area contributed by atoms with Crippen LogP contribution in [0.2, 0.25) is 0 Å². The third-order valence-electron chi connectivity index (χ3n) is 4.01. The number of anilines is 1. The second-order valence-corrected chi connectivity index (χ2v) is 6.22. The number of benzene rings is 2. The molecule has 0 spiro atoms. The maximum Gasteiger partial charge on any atom is 0.238 e. The van der Waals surface area contributed by atoms with Gasteiger partial charge in [0.1, 0.15) is 0 Å². The smallest absolute Gasteiger partial charge is 0.238 e. The lowest BCUT2D eigenvalue weighted by molar-refractivity contribution is -0.117. The van der Waals surface area contributed by atoms with Crippen LogP contribution in [0.4, 0.5) is 5.69 Å². The Morgan fingerprint density at radius 2 is 1.92 bits per heavy atom. The number of nitrogens with one attached hydrogen (secondary N) is 1. The number of carbonyl (C=O) groups is 1. The molecule has 0 atom stereocenters. The summed E-state index contributed by atoms with van der Waals surface area (Å²) in [6.07, 6.45) is 0. The SMILES string of the molecule is Cc1ccc(CN(C)CC(=O)Nc2ccc3c(c2)OCO3)c(C)c1. The van der Waals surface area contributed by atoms with E-state index in [1.54, 1.807) is 12.1 Å². The van der Waals surface area contributed by atoms with Crippen molar-refractivity contribution >= 4 is 11.6 Å². The quantitative estimate of drug-likeness (QED) is 0.917. The van der Waals surface area contributed by atoms with E-state index in [0.717, 1.165) is 6.54 Å². The van der Waals surface area contributed by atoms with Crippen molar-refractivity contribution in [3.8, 4) is 11.5 Å². The molecule has 0 bridgehead atoms. The number of rotatable bonds is 5. The minimum absolute atomic E-state index is 0.0545. The lowest BCUT2D eigenvalue weighted by Crippen LogP contribution is -2.30. The minimum Gasteiger partial charge on any atom is -0.454 e. The molecule has 5 heteroatoms. The molecule has 1 heterocycles. The van der Waals surface area contributed by atoms with E-state index in [1.807, 2.05) is 18.0 Å². The van der Waals surface area contributed by atoms with Gasteiger partial charge in [-0.25, -0.2) is 0 Å². The van der Waals surface area contributed by atoms with E-state index in [0.29, 0.717) is 23.7 Å². The molecule has 1 aliphatic heterocycles. The first-order valence-electron chi connectivity index (χ1n) is 7.95. The predicted molar refractivity (Wildman–Crippen MR) is 93.4 cm³/mol. The number of amides is 1. The van der Waals surface area contributed by atoms with Crippen molar-refractivity contribution < 1.29 is 14.3 Å². The van der Waals surface area contributed by atoms with Gasteiger partial charge in [-0.3, -0.25) is 9.69 Å². The largest absolute Gasteiger partial charge is 0.454 e. The van der Waals surface area contributed by atoms with Crippen molar-refractivity contribution in [2.45, 2.75) is 20.4 Å². The van der Waals surface area contributed by atoms with Crippen LogP contribution in [0, 0.1) is 13.8 Å². The summed E-state index contributed by atoms with van der Waals surface area (Å²) in [6.45, 7) is 5.47. The molecule has 0 saturated carbocycles. The monoisotopic (exact) mass is 326 g/mol. The normalized spacial score (nSPS) is 12.5. The Bertz CT molecular complexity index is 758. The van der Waals surface area contributed by atoms with E-state index in [-0.39, 0.29) is 12.7 Å². The minimum atomic E-state index is -0.0545. The number of aryl methyl sites for hydroxylation is 2. The molecule has 1 amide bonds. The summed E-state index contributed by atoms with van der Waals surface area (Å²) in [7, 11) is 1.94. The summed E-state index contributed by atoms with van der Waals surface area (Å²) >= 11 is 0. The number of ether oxygens (including phenoxy) is 2. The highest BCUT2D eigenvalue weighted by Crippen LogP contribution is 2.34. The maximum absolute atomic E-state index is 12.2. The second kappa shape index (κ2) is 6.93. The molecule has 1 aliphatic rings. The van der Waals surface area contributed by atoms with Gasteiger partial charge in [0.2, 0.25) is 12.7 Å². The first-order valence-corrected chi connectivity index (χ1v) is 7.95. The summed E-state index contributed by atoms with van der Waals surface area (Å²) < 4.78 is 10.6. The Morgan fingerprint density at radius 1 is 1.12 bits per heavy atom. The van der Waals surface area contributed by atoms with Gasteiger partial charge in [0.25, 0.3) is 0 Å². The summed E-state index contributed by atoms with van der Waals surface area (Å²) in [5.74, 6) is 1.32. The fourth-order valence-electron chi connectivity index (χ4n) is 2.79. The van der Waals surface area contributed by atoms with Gasteiger partial charge in [0.15, 0.2) is 11.5 Å². The van der Waals surface area contributed by atoms with Crippen LogP contribution in [0.5, 0.6) is 11.5 Å². The van der Waals surface area contributed by atoms with Crippen LogP contribution >= 0.6 is 0 Å². The summed E-state index contributed by atoms with van der Waals surface area (Å²) in [5.41, 5.74) is 4.45. The standard InChI is InChI=1S/C19H22N2O3/c1-13-4-5-15(14(2)8-13)10-21(3)11-19(22)20-16-6-7-17-18(9-16)24-12-23-17/h4-9H,10-12H2,1-3H3,(H,20,22). The lowest BCUT2D eigenvalue weighted by Gasteiger charge is -2.18. The van der Waals surface area contributed by atoms with Crippen molar-refractivity contribution in [3.05, 3.63) is 53.1 Å². The zero-order valence-corrected chi connectivity index (χ0v) is 14.3. The van der Waals surface area contributed by atoms with Gasteiger partial charge in [0, 0.05) is 18.3 Å². The number of carbonyl (C=O) groups excluding carboxylic acids is 1. The zero-order valence-electron chi connectivity index (χ0n) is 14.3. The molecular formula is C19H22N2O3. The van der Waals surface area contributed by atoms with Crippen molar-refractivity contribution in [1.82, 2.24) is 4.90 Å². The van der Waals surface area contributed by atoms with E-state index < -0.39 is 0 Å². The van der Waals surface area contributed by atoms with Crippen LogP contribution in [0.3, 0.4) is 0 Å². The second-order valence-electron chi connectivity index (χ2n) is 6.22. The molecule has 0 aromatic heterocycles.